The SMILES string of the molecule is CC(CF)(CF)C(CF)=NO. The van der Waals surface area contributed by atoms with Gasteiger partial charge in [-0.05, 0) is 6.92 Å². The first-order chi connectivity index (χ1) is 5.14. The molecule has 0 amide bonds. The van der Waals surface area contributed by atoms with Gasteiger partial charge in [0.2, 0.25) is 0 Å². The van der Waals surface area contributed by atoms with Crippen molar-refractivity contribution in [1.82, 2.24) is 0 Å². The molecule has 0 aliphatic heterocycles. The van der Waals surface area contributed by atoms with Crippen molar-refractivity contribution in [2.75, 3.05) is 20.0 Å². The van der Waals surface area contributed by atoms with E-state index in [1.54, 1.807) is 0 Å². The molecule has 0 saturated carbocycles. The summed E-state index contributed by atoms with van der Waals surface area (Å²) in [7, 11) is 0. The van der Waals surface area contributed by atoms with Crippen LogP contribution >= 0.6 is 0 Å². The highest BCUT2D eigenvalue weighted by atomic mass is 19.1. The van der Waals surface area contributed by atoms with Crippen molar-refractivity contribution in [3.63, 3.8) is 0 Å². The molecule has 5 heteroatoms. The van der Waals surface area contributed by atoms with E-state index < -0.39 is 31.2 Å². The van der Waals surface area contributed by atoms with Crippen LogP contribution in [0.4, 0.5) is 13.2 Å². The van der Waals surface area contributed by atoms with Gasteiger partial charge in [0.15, 0.2) is 0 Å². The average Bonchev–Trinajstić information content (AvgIpc) is 2.06. The predicted molar refractivity (Wildman–Crippen MR) is 35.3 cm³/mol. The molecule has 0 unspecified atom stereocenters. The monoisotopic (exact) mass is 169 g/mol. The van der Waals surface area contributed by atoms with Gasteiger partial charge in [-0.3, -0.25) is 0 Å². The summed E-state index contributed by atoms with van der Waals surface area (Å²) in [5.41, 5.74) is -2.11. The molecule has 0 aromatic carbocycles. The highest BCUT2D eigenvalue weighted by molar-refractivity contribution is 5.90. The molecule has 1 N–H and O–H groups in total. The number of hydrogen-bond donors (Lipinski definition) is 1. The quantitative estimate of drug-likeness (QED) is 0.388. The van der Waals surface area contributed by atoms with E-state index >= 15 is 0 Å². The molecule has 0 aliphatic carbocycles. The summed E-state index contributed by atoms with van der Waals surface area (Å²) in [6.07, 6.45) is 0. The summed E-state index contributed by atoms with van der Waals surface area (Å²) in [4.78, 5) is 0. The second kappa shape index (κ2) is 4.20. The lowest BCUT2D eigenvalue weighted by Gasteiger charge is -2.20. The predicted octanol–water partition coefficient (Wildman–Crippen LogP) is 1.73. The molecule has 0 heterocycles. The molecule has 0 saturated heterocycles. The molecule has 2 nitrogen and oxygen atoms in total. The lowest BCUT2D eigenvalue weighted by molar-refractivity contribution is 0.229. The fourth-order valence-electron chi connectivity index (χ4n) is 0.499. The van der Waals surface area contributed by atoms with E-state index in [2.05, 4.69) is 5.16 Å². The minimum atomic E-state index is -1.61. The Labute approximate surface area is 62.7 Å². The zero-order valence-corrected chi connectivity index (χ0v) is 6.15. The molecule has 0 rings (SSSR count). The maximum absolute atomic E-state index is 12.1. The van der Waals surface area contributed by atoms with E-state index in [1.807, 2.05) is 0 Å². The molecule has 0 aromatic rings. The van der Waals surface area contributed by atoms with Gasteiger partial charge in [-0.1, -0.05) is 5.16 Å². The van der Waals surface area contributed by atoms with Gasteiger partial charge in [-0.15, -0.1) is 0 Å². The first kappa shape index (κ1) is 10.3. The third-order valence-electron chi connectivity index (χ3n) is 1.53. The Morgan fingerprint density at radius 2 is 1.82 bits per heavy atom. The molecule has 66 valence electrons. The van der Waals surface area contributed by atoms with Gasteiger partial charge in [0.05, 0.1) is 11.1 Å². The van der Waals surface area contributed by atoms with Gasteiger partial charge in [-0.2, -0.15) is 0 Å². The van der Waals surface area contributed by atoms with Crippen LogP contribution in [0.3, 0.4) is 0 Å². The molecule has 0 radical (unpaired) electrons. The minimum Gasteiger partial charge on any atom is -0.411 e. The molecular weight excluding hydrogens is 159 g/mol. The molecule has 0 spiro atoms. The fourth-order valence-corrected chi connectivity index (χ4v) is 0.499. The van der Waals surface area contributed by atoms with E-state index in [-0.39, 0.29) is 0 Å². The van der Waals surface area contributed by atoms with Gasteiger partial charge in [0.25, 0.3) is 0 Å². The zero-order valence-electron chi connectivity index (χ0n) is 6.15. The van der Waals surface area contributed by atoms with Crippen molar-refractivity contribution in [2.45, 2.75) is 6.92 Å². The summed E-state index contributed by atoms with van der Waals surface area (Å²) in [5, 5.41) is 10.6. The molecular formula is C6H10F3NO. The average molecular weight is 169 g/mol. The maximum Gasteiger partial charge on any atom is 0.132 e. The molecule has 0 aromatic heterocycles. The number of nitrogens with zero attached hydrogens (tertiary/aromatic N) is 1. The highest BCUT2D eigenvalue weighted by Gasteiger charge is 2.31. The summed E-state index contributed by atoms with van der Waals surface area (Å²) in [5.74, 6) is 0. The van der Waals surface area contributed by atoms with Crippen LogP contribution in [0.5, 0.6) is 0 Å². The van der Waals surface area contributed by atoms with E-state index in [4.69, 9.17) is 5.21 Å². The standard InChI is InChI=1S/C6H10F3NO/c1-6(3-8,4-9)5(2-7)10-11/h11H,2-4H2,1H3. The largest absolute Gasteiger partial charge is 0.411 e. The second-order valence-electron chi connectivity index (χ2n) is 2.51. The van der Waals surface area contributed by atoms with Gasteiger partial charge in [-0.25, -0.2) is 13.2 Å². The first-order valence-electron chi connectivity index (χ1n) is 3.04. The molecule has 0 fully saturated rings. The van der Waals surface area contributed by atoms with Crippen LogP contribution in [-0.4, -0.2) is 30.9 Å². The maximum atomic E-state index is 12.1. The Balaban J connectivity index is 4.46. The van der Waals surface area contributed by atoms with E-state index in [0.717, 1.165) is 6.92 Å². The van der Waals surface area contributed by atoms with Crippen LogP contribution in [0.1, 0.15) is 6.92 Å². The summed E-state index contributed by atoms with van der Waals surface area (Å²) in [6, 6.07) is 0. The zero-order chi connectivity index (χ0) is 8.91. The minimum absolute atomic E-state index is 0.498. The first-order valence-corrected chi connectivity index (χ1v) is 3.04. The van der Waals surface area contributed by atoms with E-state index in [1.165, 1.54) is 0 Å². The summed E-state index contributed by atoms with van der Waals surface area (Å²) < 4.78 is 36.0. The van der Waals surface area contributed by atoms with Crippen LogP contribution in [-0.2, 0) is 0 Å². The lowest BCUT2D eigenvalue weighted by atomic mass is 9.89. The number of hydrogen-bond acceptors (Lipinski definition) is 2. The van der Waals surface area contributed by atoms with Gasteiger partial charge < -0.3 is 5.21 Å². The Hall–Kier alpha value is -0.740. The molecule has 0 bridgehead atoms. The number of rotatable bonds is 4. The second-order valence-corrected chi connectivity index (χ2v) is 2.51. The van der Waals surface area contributed by atoms with Crippen molar-refractivity contribution in [2.24, 2.45) is 10.6 Å². The Morgan fingerprint density at radius 1 is 1.36 bits per heavy atom. The third kappa shape index (κ3) is 2.10. The Kier molecular flexibility index (Phi) is 3.92. The van der Waals surface area contributed by atoms with Crippen molar-refractivity contribution >= 4 is 5.71 Å². The van der Waals surface area contributed by atoms with Gasteiger partial charge >= 0.3 is 0 Å². The summed E-state index contributed by atoms with van der Waals surface area (Å²) in [6.45, 7) is -2.14. The number of oxime groups is 1. The van der Waals surface area contributed by atoms with Crippen molar-refractivity contribution in [1.29, 1.82) is 0 Å². The van der Waals surface area contributed by atoms with Crippen molar-refractivity contribution in [3.8, 4) is 0 Å². The fraction of sp³-hybridized carbons (Fsp3) is 0.833. The lowest BCUT2D eigenvalue weighted by Crippen LogP contribution is -2.33. The Morgan fingerprint density at radius 3 is 1.91 bits per heavy atom. The normalized spacial score (nSPS) is 13.6. The van der Waals surface area contributed by atoms with Crippen molar-refractivity contribution in [3.05, 3.63) is 0 Å². The molecule has 11 heavy (non-hydrogen) atoms. The van der Waals surface area contributed by atoms with Gasteiger partial charge in [0, 0.05) is 0 Å². The highest BCUT2D eigenvalue weighted by Crippen LogP contribution is 2.20. The van der Waals surface area contributed by atoms with Gasteiger partial charge in [0.1, 0.15) is 20.0 Å². The van der Waals surface area contributed by atoms with Crippen molar-refractivity contribution < 1.29 is 18.4 Å². The van der Waals surface area contributed by atoms with Crippen LogP contribution in [0.15, 0.2) is 5.16 Å². The number of alkyl halides is 3. The van der Waals surface area contributed by atoms with E-state index in [0.29, 0.717) is 0 Å². The smallest absolute Gasteiger partial charge is 0.132 e. The molecule has 0 atom stereocenters. The topological polar surface area (TPSA) is 32.6 Å². The van der Waals surface area contributed by atoms with Crippen LogP contribution in [0.25, 0.3) is 0 Å². The summed E-state index contributed by atoms with van der Waals surface area (Å²) >= 11 is 0. The van der Waals surface area contributed by atoms with E-state index in [9.17, 15) is 13.2 Å². The Bertz CT molecular complexity index is 145. The number of halogens is 3. The molecule has 0 aliphatic rings. The third-order valence-corrected chi connectivity index (χ3v) is 1.53. The van der Waals surface area contributed by atoms with Crippen LogP contribution in [0.2, 0.25) is 0 Å². The van der Waals surface area contributed by atoms with Crippen LogP contribution in [0, 0.1) is 5.41 Å². The van der Waals surface area contributed by atoms with Crippen LogP contribution < -0.4 is 0 Å².